The van der Waals surface area contributed by atoms with Crippen molar-refractivity contribution in [2.75, 3.05) is 7.11 Å². The summed E-state index contributed by atoms with van der Waals surface area (Å²) in [7, 11) is 1.34. The number of methoxy groups -OCH3 is 1. The summed E-state index contributed by atoms with van der Waals surface area (Å²) >= 11 is 0. The second-order valence-corrected chi connectivity index (χ2v) is 6.91. The first kappa shape index (κ1) is 25.5. The van der Waals surface area contributed by atoms with Gasteiger partial charge in [-0.1, -0.05) is 62.6 Å². The third-order valence-corrected chi connectivity index (χ3v) is 4.63. The number of hydrogen-bond donors (Lipinski definition) is 2. The second-order valence-electron chi connectivity index (χ2n) is 6.91. The quantitative estimate of drug-likeness (QED) is 0.134. The topological polar surface area (TPSA) is 104 Å². The van der Waals surface area contributed by atoms with E-state index in [2.05, 4.69) is 21.4 Å². The smallest absolute Gasteiger partial charge is 0.305 e. The first-order valence-electron chi connectivity index (χ1n) is 10.2. The molecule has 0 aromatic carbocycles. The van der Waals surface area contributed by atoms with Crippen LogP contribution in [0.2, 0.25) is 0 Å². The standard InChI is InChI=1S/C21H34O8/c1-3-4-7-11-17(26-23)12-8-5-6-9-13-18-16-20(29-28-18)19(27-24)14-10-15-21(22)25-2/h5-6,8-9,12-13,17-20,23-24H,3-4,7,10-11,14-16H2,1-2H3. The van der Waals surface area contributed by atoms with Crippen LogP contribution in [0.15, 0.2) is 36.5 Å². The van der Waals surface area contributed by atoms with Crippen molar-refractivity contribution in [1.29, 1.82) is 0 Å². The number of ether oxygens (including phenoxy) is 1. The summed E-state index contributed by atoms with van der Waals surface area (Å²) in [5.74, 6) is -0.301. The number of unbranched alkanes of at least 4 members (excludes halogenated alkanes) is 2. The van der Waals surface area contributed by atoms with Crippen LogP contribution in [0.25, 0.3) is 0 Å². The molecule has 0 aromatic heterocycles. The third kappa shape index (κ3) is 11.3. The van der Waals surface area contributed by atoms with Gasteiger partial charge in [0.2, 0.25) is 0 Å². The number of carbonyl (C=O) groups is 1. The first-order chi connectivity index (χ1) is 14.1. The van der Waals surface area contributed by atoms with Crippen LogP contribution >= 0.6 is 0 Å². The van der Waals surface area contributed by atoms with Crippen molar-refractivity contribution in [3.05, 3.63) is 36.5 Å². The lowest BCUT2D eigenvalue weighted by molar-refractivity contribution is -0.348. The normalized spacial score (nSPS) is 22.1. The van der Waals surface area contributed by atoms with E-state index in [0.717, 1.165) is 25.7 Å². The van der Waals surface area contributed by atoms with Crippen molar-refractivity contribution < 1.29 is 39.6 Å². The molecule has 1 saturated heterocycles. The SMILES string of the molecule is CCCCCC(C=CC=CC=CC1CC(C(CCCC(=O)OC)OO)OO1)OO. The summed E-state index contributed by atoms with van der Waals surface area (Å²) in [6, 6.07) is 0. The van der Waals surface area contributed by atoms with E-state index < -0.39 is 12.2 Å². The van der Waals surface area contributed by atoms with Gasteiger partial charge in [-0.2, -0.15) is 0 Å². The highest BCUT2D eigenvalue weighted by atomic mass is 17.2. The minimum absolute atomic E-state index is 0.255. The van der Waals surface area contributed by atoms with Gasteiger partial charge >= 0.3 is 5.97 Å². The second kappa shape index (κ2) is 16.3. The summed E-state index contributed by atoms with van der Waals surface area (Å²) < 4.78 is 4.58. The maximum Gasteiger partial charge on any atom is 0.305 e. The molecule has 8 nitrogen and oxygen atoms in total. The Morgan fingerprint density at radius 2 is 1.86 bits per heavy atom. The minimum atomic E-state index is -0.570. The summed E-state index contributed by atoms with van der Waals surface area (Å²) in [4.78, 5) is 30.5. The van der Waals surface area contributed by atoms with Gasteiger partial charge in [0.25, 0.3) is 0 Å². The molecule has 0 aliphatic carbocycles. The van der Waals surface area contributed by atoms with Gasteiger partial charge in [-0.3, -0.25) is 15.3 Å². The Balaban J connectivity index is 2.32. The maximum absolute atomic E-state index is 11.1. The van der Waals surface area contributed by atoms with Gasteiger partial charge in [0, 0.05) is 12.8 Å². The van der Waals surface area contributed by atoms with Gasteiger partial charge in [0.1, 0.15) is 24.4 Å². The number of esters is 1. The zero-order valence-electron chi connectivity index (χ0n) is 17.3. The Hall–Kier alpha value is -1.55. The van der Waals surface area contributed by atoms with Crippen molar-refractivity contribution in [3.8, 4) is 0 Å². The van der Waals surface area contributed by atoms with E-state index in [-0.39, 0.29) is 24.6 Å². The molecule has 0 aromatic rings. The van der Waals surface area contributed by atoms with Crippen LogP contribution in [0.4, 0.5) is 0 Å². The monoisotopic (exact) mass is 414 g/mol. The first-order valence-corrected chi connectivity index (χ1v) is 10.2. The van der Waals surface area contributed by atoms with Crippen LogP contribution in [0, 0.1) is 0 Å². The van der Waals surface area contributed by atoms with Crippen LogP contribution in [0.3, 0.4) is 0 Å². The van der Waals surface area contributed by atoms with Gasteiger partial charge in [0.05, 0.1) is 7.11 Å². The maximum atomic E-state index is 11.1. The predicted octanol–water partition coefficient (Wildman–Crippen LogP) is 4.38. The van der Waals surface area contributed by atoms with Gasteiger partial charge in [-0.15, -0.1) is 0 Å². The molecule has 1 fully saturated rings. The van der Waals surface area contributed by atoms with Crippen LogP contribution in [0.5, 0.6) is 0 Å². The molecular weight excluding hydrogens is 380 g/mol. The molecule has 2 N–H and O–H groups in total. The minimum Gasteiger partial charge on any atom is -0.469 e. The Morgan fingerprint density at radius 1 is 1.07 bits per heavy atom. The van der Waals surface area contributed by atoms with E-state index in [1.807, 2.05) is 36.5 Å². The average Bonchev–Trinajstić information content (AvgIpc) is 3.20. The highest BCUT2D eigenvalue weighted by Crippen LogP contribution is 2.24. The van der Waals surface area contributed by atoms with Crippen LogP contribution in [0.1, 0.15) is 58.3 Å². The van der Waals surface area contributed by atoms with Crippen molar-refractivity contribution in [1.82, 2.24) is 0 Å². The third-order valence-electron chi connectivity index (χ3n) is 4.63. The lowest BCUT2D eigenvalue weighted by atomic mass is 10.0. The molecule has 0 radical (unpaired) electrons. The van der Waals surface area contributed by atoms with Crippen molar-refractivity contribution in [3.63, 3.8) is 0 Å². The molecule has 1 aliphatic rings. The van der Waals surface area contributed by atoms with Gasteiger partial charge in [-0.25, -0.2) is 19.6 Å². The average molecular weight is 414 g/mol. The zero-order chi connectivity index (χ0) is 21.3. The molecule has 29 heavy (non-hydrogen) atoms. The molecule has 0 bridgehead atoms. The van der Waals surface area contributed by atoms with E-state index in [1.165, 1.54) is 7.11 Å². The molecule has 0 spiro atoms. The lowest BCUT2D eigenvalue weighted by Crippen LogP contribution is -2.28. The molecule has 8 heteroatoms. The van der Waals surface area contributed by atoms with Crippen molar-refractivity contribution in [2.45, 2.75) is 82.7 Å². The molecule has 1 aliphatic heterocycles. The molecule has 1 heterocycles. The number of carbonyl (C=O) groups excluding carboxylic acids is 1. The highest BCUT2D eigenvalue weighted by molar-refractivity contribution is 5.68. The molecule has 4 unspecified atom stereocenters. The Labute approximate surface area is 172 Å². The van der Waals surface area contributed by atoms with Crippen molar-refractivity contribution >= 4 is 5.97 Å². The zero-order valence-corrected chi connectivity index (χ0v) is 17.3. The fourth-order valence-electron chi connectivity index (χ4n) is 2.91. The van der Waals surface area contributed by atoms with Crippen LogP contribution in [-0.4, -0.2) is 48.0 Å². The molecule has 4 atom stereocenters. The molecular formula is C21H34O8. The van der Waals surface area contributed by atoms with Crippen LogP contribution in [-0.2, 0) is 29.1 Å². The number of rotatable bonds is 15. The summed E-state index contributed by atoms with van der Waals surface area (Å²) in [6.45, 7) is 2.13. The Bertz CT molecular complexity index is 517. The Morgan fingerprint density at radius 3 is 2.55 bits per heavy atom. The van der Waals surface area contributed by atoms with E-state index in [4.69, 9.17) is 20.3 Å². The highest BCUT2D eigenvalue weighted by Gasteiger charge is 2.33. The number of hydrogen-bond acceptors (Lipinski definition) is 8. The van der Waals surface area contributed by atoms with Crippen molar-refractivity contribution in [2.24, 2.45) is 0 Å². The van der Waals surface area contributed by atoms with E-state index in [1.54, 1.807) is 0 Å². The van der Waals surface area contributed by atoms with E-state index in [9.17, 15) is 4.79 Å². The molecule has 1 rings (SSSR count). The van der Waals surface area contributed by atoms with E-state index >= 15 is 0 Å². The summed E-state index contributed by atoms with van der Waals surface area (Å²) in [5, 5.41) is 18.0. The summed E-state index contributed by atoms with van der Waals surface area (Å²) in [6.07, 6.45) is 15.2. The fourth-order valence-corrected chi connectivity index (χ4v) is 2.91. The van der Waals surface area contributed by atoms with Gasteiger partial charge in [-0.05, 0) is 19.3 Å². The van der Waals surface area contributed by atoms with E-state index in [0.29, 0.717) is 19.3 Å². The lowest BCUT2D eigenvalue weighted by Gasteiger charge is -2.17. The largest absolute Gasteiger partial charge is 0.469 e. The fraction of sp³-hybridized carbons (Fsp3) is 0.667. The molecule has 166 valence electrons. The molecule has 0 amide bonds. The summed E-state index contributed by atoms with van der Waals surface area (Å²) in [5.41, 5.74) is 0. The predicted molar refractivity (Wildman–Crippen MR) is 107 cm³/mol. The Kier molecular flexibility index (Phi) is 14.3. The van der Waals surface area contributed by atoms with Gasteiger partial charge < -0.3 is 4.74 Å². The van der Waals surface area contributed by atoms with Crippen LogP contribution < -0.4 is 0 Å². The number of allylic oxidation sites excluding steroid dienone is 4. The molecule has 0 saturated carbocycles. The van der Waals surface area contributed by atoms with Gasteiger partial charge in [0.15, 0.2) is 0 Å².